The fourth-order valence-corrected chi connectivity index (χ4v) is 6.34. The van der Waals surface area contributed by atoms with E-state index in [0.29, 0.717) is 15.9 Å². The van der Waals surface area contributed by atoms with Crippen molar-refractivity contribution in [2.75, 3.05) is 23.7 Å². The second-order valence-electron chi connectivity index (χ2n) is 9.32. The average molecular weight is 616 g/mol. The van der Waals surface area contributed by atoms with E-state index in [4.69, 9.17) is 49.6 Å². The lowest BCUT2D eigenvalue weighted by Crippen LogP contribution is -2.45. The Morgan fingerprint density at radius 3 is 2.48 bits per heavy atom. The molecule has 2 aliphatic heterocycles. The van der Waals surface area contributed by atoms with Gasteiger partial charge in [0, 0.05) is 54.7 Å². The molecule has 5 N–H and O–H groups in total. The normalized spacial score (nSPS) is 18.1. The zero-order valence-electron chi connectivity index (χ0n) is 20.5. The number of hydrogen-bond acceptors (Lipinski definition) is 9. The molecule has 17 heteroatoms. The minimum atomic E-state index is -5.08. The fraction of sp³-hybridized carbons (Fsp3) is 0.348. The molecule has 0 aromatic carbocycles. The van der Waals surface area contributed by atoms with Crippen LogP contribution in [0, 0.1) is 5.41 Å². The highest BCUT2D eigenvalue weighted by Crippen LogP contribution is 2.50. The van der Waals surface area contributed by atoms with Crippen molar-refractivity contribution in [2.45, 2.75) is 41.4 Å². The molecule has 0 radical (unpaired) electrons. The molecule has 4 aromatic heterocycles. The Hall–Kier alpha value is -3.27. The van der Waals surface area contributed by atoms with E-state index in [-0.39, 0.29) is 11.5 Å². The maximum Gasteiger partial charge on any atom is 0.490 e. The molecular weight excluding hydrogens is 594 g/mol. The molecule has 212 valence electrons. The topological polar surface area (TPSA) is 153 Å². The monoisotopic (exact) mass is 615 g/mol. The van der Waals surface area contributed by atoms with Gasteiger partial charge in [0.05, 0.1) is 32.9 Å². The van der Waals surface area contributed by atoms with Crippen LogP contribution >= 0.6 is 35.0 Å². The first kappa shape index (κ1) is 28.3. The molecule has 0 unspecified atom stereocenters. The average Bonchev–Trinajstić information content (AvgIpc) is 3.60. The van der Waals surface area contributed by atoms with Gasteiger partial charge in [-0.1, -0.05) is 35.0 Å². The number of aromatic nitrogens is 6. The molecular formula is C23H22Cl2F3N9O2S. The number of nitrogens with zero attached hydrogens (tertiary/aromatic N) is 7. The molecule has 4 aromatic rings. The number of rotatable bonds is 3. The van der Waals surface area contributed by atoms with E-state index in [1.165, 1.54) is 11.8 Å². The summed E-state index contributed by atoms with van der Waals surface area (Å²) < 4.78 is 35.7. The van der Waals surface area contributed by atoms with Crippen molar-refractivity contribution >= 4 is 58.3 Å². The maximum atomic E-state index is 10.6. The van der Waals surface area contributed by atoms with Crippen LogP contribution < -0.4 is 16.4 Å². The number of nitrogen functional groups attached to an aromatic ring is 1. The van der Waals surface area contributed by atoms with Gasteiger partial charge >= 0.3 is 12.1 Å². The van der Waals surface area contributed by atoms with Crippen LogP contribution in [0.5, 0.6) is 0 Å². The Kier molecular flexibility index (Phi) is 7.50. The SMILES string of the molecule is Nc1nccc(Sc2cnc(N3CCC4(CC3)Cn3ncc(Cl)c3[C@H]4N)n3ccnc23)c1Cl.O=C(O)C(F)(F)F. The van der Waals surface area contributed by atoms with Crippen molar-refractivity contribution in [3.05, 3.63) is 52.8 Å². The highest BCUT2D eigenvalue weighted by molar-refractivity contribution is 7.99. The second kappa shape index (κ2) is 10.6. The molecule has 6 rings (SSSR count). The summed E-state index contributed by atoms with van der Waals surface area (Å²) in [6.45, 7) is 2.49. The van der Waals surface area contributed by atoms with E-state index in [9.17, 15) is 13.2 Å². The molecule has 40 heavy (non-hydrogen) atoms. The predicted octanol–water partition coefficient (Wildman–Crippen LogP) is 4.29. The fourth-order valence-electron chi connectivity index (χ4n) is 4.94. The summed E-state index contributed by atoms with van der Waals surface area (Å²) in [7, 11) is 0. The molecule has 1 saturated heterocycles. The van der Waals surface area contributed by atoms with Crippen LogP contribution in [0.15, 0.2) is 46.8 Å². The van der Waals surface area contributed by atoms with Crippen LogP contribution in [-0.2, 0) is 11.3 Å². The van der Waals surface area contributed by atoms with E-state index in [0.717, 1.165) is 59.6 Å². The third-order valence-electron chi connectivity index (χ3n) is 7.01. The van der Waals surface area contributed by atoms with Crippen LogP contribution in [0.1, 0.15) is 24.6 Å². The number of anilines is 2. The number of imidazole rings is 1. The lowest BCUT2D eigenvalue weighted by Gasteiger charge is -2.41. The first-order valence-electron chi connectivity index (χ1n) is 11.8. The largest absolute Gasteiger partial charge is 0.490 e. The Labute approximate surface area is 239 Å². The molecule has 1 spiro atoms. The van der Waals surface area contributed by atoms with Crippen LogP contribution in [0.3, 0.4) is 0 Å². The first-order valence-corrected chi connectivity index (χ1v) is 13.4. The summed E-state index contributed by atoms with van der Waals surface area (Å²) >= 11 is 14.1. The summed E-state index contributed by atoms with van der Waals surface area (Å²) in [5.74, 6) is -1.59. The number of pyridine rings is 1. The second-order valence-corrected chi connectivity index (χ2v) is 11.2. The third kappa shape index (κ3) is 5.13. The van der Waals surface area contributed by atoms with Crippen molar-refractivity contribution in [3.63, 3.8) is 0 Å². The van der Waals surface area contributed by atoms with Crippen LogP contribution in [-0.4, -0.2) is 59.5 Å². The van der Waals surface area contributed by atoms with E-state index < -0.39 is 12.1 Å². The number of halogens is 5. The number of hydrogen-bond donors (Lipinski definition) is 3. The van der Waals surface area contributed by atoms with Gasteiger partial charge in [-0.3, -0.25) is 9.08 Å². The molecule has 0 saturated carbocycles. The summed E-state index contributed by atoms with van der Waals surface area (Å²) in [6, 6.07) is 1.73. The Bertz CT molecular complexity index is 1570. The van der Waals surface area contributed by atoms with Gasteiger partial charge in [0.1, 0.15) is 5.82 Å². The number of piperidine rings is 1. The van der Waals surface area contributed by atoms with E-state index >= 15 is 0 Å². The quantitative estimate of drug-likeness (QED) is 0.304. The predicted molar refractivity (Wildman–Crippen MR) is 143 cm³/mol. The highest BCUT2D eigenvalue weighted by atomic mass is 35.5. The Balaban J connectivity index is 0.000000411. The highest BCUT2D eigenvalue weighted by Gasteiger charge is 2.48. The first-order chi connectivity index (χ1) is 18.9. The van der Waals surface area contributed by atoms with E-state index in [1.807, 2.05) is 27.5 Å². The van der Waals surface area contributed by atoms with Crippen molar-refractivity contribution in [1.82, 2.24) is 29.1 Å². The molecule has 1 atom stereocenters. The number of fused-ring (bicyclic) bond motifs is 2. The van der Waals surface area contributed by atoms with Crippen LogP contribution in [0.4, 0.5) is 24.9 Å². The van der Waals surface area contributed by atoms with Crippen LogP contribution in [0.2, 0.25) is 10.0 Å². The van der Waals surface area contributed by atoms with Gasteiger partial charge in [-0.05, 0) is 18.9 Å². The molecule has 0 bridgehead atoms. The number of carboxylic acid groups (broad SMARTS) is 1. The van der Waals surface area contributed by atoms with E-state index in [2.05, 4.69) is 20.0 Å². The van der Waals surface area contributed by atoms with Gasteiger partial charge in [-0.2, -0.15) is 18.3 Å². The summed E-state index contributed by atoms with van der Waals surface area (Å²) in [5, 5.41) is 12.6. The molecule has 6 heterocycles. The standard InChI is InChI=1S/C21H21Cl2N9S.C2HF3O2/c22-12-9-29-32-11-21(17(24)16(12)32)2-6-30(7-3-21)20-28-10-14(19-27-5-8-31(19)20)33-13-1-4-26-18(25)15(13)23;3-2(4,5)1(6)7/h1,4-5,8-10,17H,2-3,6-7,11,24H2,(H2,25,26);(H,6,7)/t17-;/m1./s1. The van der Waals surface area contributed by atoms with Gasteiger partial charge in [-0.25, -0.2) is 19.7 Å². The summed E-state index contributed by atoms with van der Waals surface area (Å²) in [6.07, 6.45) is 5.69. The Morgan fingerprint density at radius 2 is 1.82 bits per heavy atom. The van der Waals surface area contributed by atoms with Gasteiger partial charge in [0.25, 0.3) is 0 Å². The minimum absolute atomic E-state index is 0.0222. The molecule has 0 amide bonds. The van der Waals surface area contributed by atoms with Crippen molar-refractivity contribution in [2.24, 2.45) is 11.1 Å². The zero-order chi connectivity index (χ0) is 28.8. The lowest BCUT2D eigenvalue weighted by atomic mass is 9.74. The molecule has 0 aliphatic carbocycles. The van der Waals surface area contributed by atoms with Gasteiger partial charge < -0.3 is 21.5 Å². The summed E-state index contributed by atoms with van der Waals surface area (Å²) in [4.78, 5) is 26.3. The summed E-state index contributed by atoms with van der Waals surface area (Å²) in [5.41, 5.74) is 14.3. The minimum Gasteiger partial charge on any atom is -0.475 e. The Morgan fingerprint density at radius 1 is 1.12 bits per heavy atom. The molecule has 2 aliphatic rings. The number of carboxylic acids is 1. The van der Waals surface area contributed by atoms with Crippen molar-refractivity contribution < 1.29 is 23.1 Å². The number of carbonyl (C=O) groups is 1. The van der Waals surface area contributed by atoms with Crippen molar-refractivity contribution in [1.29, 1.82) is 0 Å². The van der Waals surface area contributed by atoms with Gasteiger partial charge in [-0.15, -0.1) is 0 Å². The van der Waals surface area contributed by atoms with Crippen molar-refractivity contribution in [3.8, 4) is 0 Å². The van der Waals surface area contributed by atoms with E-state index in [1.54, 1.807) is 18.6 Å². The number of nitrogens with two attached hydrogens (primary N) is 2. The third-order valence-corrected chi connectivity index (χ3v) is 8.88. The van der Waals surface area contributed by atoms with Gasteiger partial charge in [0.15, 0.2) is 5.65 Å². The smallest absolute Gasteiger partial charge is 0.475 e. The maximum absolute atomic E-state index is 10.6. The number of aliphatic carboxylic acids is 1. The van der Waals surface area contributed by atoms with Gasteiger partial charge in [0.2, 0.25) is 5.95 Å². The zero-order valence-corrected chi connectivity index (χ0v) is 22.8. The number of alkyl halides is 3. The molecule has 11 nitrogen and oxygen atoms in total. The molecule has 1 fully saturated rings. The van der Waals surface area contributed by atoms with Crippen LogP contribution in [0.25, 0.3) is 5.65 Å². The lowest BCUT2D eigenvalue weighted by molar-refractivity contribution is -0.192.